The normalized spacial score (nSPS) is 16.7. The van der Waals surface area contributed by atoms with Crippen molar-refractivity contribution in [2.75, 3.05) is 12.4 Å². The number of nitrogens with one attached hydrogen (secondary N) is 2. The zero-order valence-electron chi connectivity index (χ0n) is 12.6. The summed E-state index contributed by atoms with van der Waals surface area (Å²) in [6.07, 6.45) is 4.28. The van der Waals surface area contributed by atoms with Gasteiger partial charge in [-0.3, -0.25) is 4.79 Å². The molecule has 0 saturated heterocycles. The quantitative estimate of drug-likeness (QED) is 0.780. The van der Waals surface area contributed by atoms with Gasteiger partial charge < -0.3 is 15.4 Å². The lowest BCUT2D eigenvalue weighted by Crippen LogP contribution is -2.52. The molecule has 1 aromatic heterocycles. The Morgan fingerprint density at radius 3 is 2.62 bits per heavy atom. The predicted octanol–water partition coefficient (Wildman–Crippen LogP) is 1.73. The van der Waals surface area contributed by atoms with Crippen LogP contribution in [0.2, 0.25) is 0 Å². The first kappa shape index (κ1) is 15.3. The second-order valence-corrected chi connectivity index (χ2v) is 5.48. The van der Waals surface area contributed by atoms with Crippen molar-refractivity contribution < 1.29 is 14.3 Å². The minimum Gasteiger partial charge on any atom is -0.467 e. The molecule has 1 aromatic rings. The van der Waals surface area contributed by atoms with Crippen molar-refractivity contribution >= 4 is 17.7 Å². The van der Waals surface area contributed by atoms with Gasteiger partial charge in [-0.05, 0) is 38.3 Å². The van der Waals surface area contributed by atoms with Gasteiger partial charge in [0.15, 0.2) is 0 Å². The third-order valence-electron chi connectivity index (χ3n) is 3.69. The highest BCUT2D eigenvalue weighted by atomic mass is 16.5. The van der Waals surface area contributed by atoms with E-state index in [9.17, 15) is 9.59 Å². The third-order valence-corrected chi connectivity index (χ3v) is 3.69. The zero-order chi connectivity index (χ0) is 15.5. The molecule has 6 heteroatoms. The van der Waals surface area contributed by atoms with Crippen LogP contribution in [-0.2, 0) is 9.53 Å². The summed E-state index contributed by atoms with van der Waals surface area (Å²) in [6.45, 7) is 3.46. The zero-order valence-corrected chi connectivity index (χ0v) is 12.6. The van der Waals surface area contributed by atoms with E-state index in [1.54, 1.807) is 19.1 Å². The van der Waals surface area contributed by atoms with Gasteiger partial charge in [-0.1, -0.05) is 6.92 Å². The molecule has 1 fully saturated rings. The summed E-state index contributed by atoms with van der Waals surface area (Å²) in [5.74, 6) is -0.0335. The smallest absolute Gasteiger partial charge is 0.331 e. The standard InChI is InChI=1S/C15H21N3O3/c1-4-15(2,14(20)21-3)18-13(19)10-5-8-12(16-9-10)17-11-6-7-11/h5,8-9,11H,4,6-7H2,1-3H3,(H,16,17)(H,18,19)/t15-/m1/s1. The molecule has 1 aliphatic carbocycles. The van der Waals surface area contributed by atoms with Crippen LogP contribution in [0.3, 0.4) is 0 Å². The maximum absolute atomic E-state index is 12.2. The Morgan fingerprint density at radius 2 is 2.14 bits per heavy atom. The molecule has 1 atom stereocenters. The van der Waals surface area contributed by atoms with Gasteiger partial charge in [-0.25, -0.2) is 9.78 Å². The molecule has 1 amide bonds. The van der Waals surface area contributed by atoms with Crippen LogP contribution in [0.4, 0.5) is 5.82 Å². The van der Waals surface area contributed by atoms with Crippen LogP contribution in [-0.4, -0.2) is 35.6 Å². The number of hydrogen-bond acceptors (Lipinski definition) is 5. The molecule has 6 nitrogen and oxygen atoms in total. The summed E-state index contributed by atoms with van der Waals surface area (Å²) in [6, 6.07) is 3.98. The van der Waals surface area contributed by atoms with Gasteiger partial charge in [0.25, 0.3) is 5.91 Å². The van der Waals surface area contributed by atoms with Gasteiger partial charge in [0.2, 0.25) is 0 Å². The number of methoxy groups -OCH3 is 1. The number of carbonyl (C=O) groups is 2. The summed E-state index contributed by atoms with van der Waals surface area (Å²) >= 11 is 0. The fourth-order valence-electron chi connectivity index (χ4n) is 1.88. The molecule has 0 aliphatic heterocycles. The van der Waals surface area contributed by atoms with Crippen LogP contribution in [0.15, 0.2) is 18.3 Å². The maximum Gasteiger partial charge on any atom is 0.331 e. The van der Waals surface area contributed by atoms with Crippen molar-refractivity contribution in [3.63, 3.8) is 0 Å². The topological polar surface area (TPSA) is 80.3 Å². The number of amides is 1. The average Bonchev–Trinajstić information content (AvgIpc) is 3.30. The number of ether oxygens (including phenoxy) is 1. The van der Waals surface area contributed by atoms with E-state index in [0.29, 0.717) is 18.0 Å². The Kier molecular flexibility index (Phi) is 4.45. The minimum absolute atomic E-state index is 0.338. The number of aromatic nitrogens is 1. The van der Waals surface area contributed by atoms with E-state index in [-0.39, 0.29) is 5.91 Å². The predicted molar refractivity (Wildman–Crippen MR) is 79.1 cm³/mol. The Morgan fingerprint density at radius 1 is 1.43 bits per heavy atom. The van der Waals surface area contributed by atoms with E-state index < -0.39 is 11.5 Å². The van der Waals surface area contributed by atoms with Crippen molar-refractivity contribution in [1.82, 2.24) is 10.3 Å². The van der Waals surface area contributed by atoms with E-state index in [2.05, 4.69) is 15.6 Å². The van der Waals surface area contributed by atoms with E-state index in [4.69, 9.17) is 4.74 Å². The van der Waals surface area contributed by atoms with Crippen molar-refractivity contribution in [3.05, 3.63) is 23.9 Å². The molecule has 1 heterocycles. The molecule has 114 valence electrons. The van der Waals surface area contributed by atoms with Gasteiger partial charge in [0, 0.05) is 12.2 Å². The lowest BCUT2D eigenvalue weighted by molar-refractivity contribution is -0.147. The summed E-state index contributed by atoms with van der Waals surface area (Å²) in [7, 11) is 1.31. The number of pyridine rings is 1. The van der Waals surface area contributed by atoms with Crippen LogP contribution < -0.4 is 10.6 Å². The van der Waals surface area contributed by atoms with E-state index >= 15 is 0 Å². The Balaban J connectivity index is 2.03. The summed E-state index contributed by atoms with van der Waals surface area (Å²) in [5.41, 5.74) is -0.614. The maximum atomic E-state index is 12.2. The monoisotopic (exact) mass is 291 g/mol. The lowest BCUT2D eigenvalue weighted by atomic mass is 9.98. The van der Waals surface area contributed by atoms with Gasteiger partial charge >= 0.3 is 5.97 Å². The minimum atomic E-state index is -1.03. The van der Waals surface area contributed by atoms with Crippen LogP contribution in [0.25, 0.3) is 0 Å². The Bertz CT molecular complexity index is 525. The fraction of sp³-hybridized carbons (Fsp3) is 0.533. The highest BCUT2D eigenvalue weighted by Gasteiger charge is 2.34. The highest BCUT2D eigenvalue weighted by Crippen LogP contribution is 2.23. The highest BCUT2D eigenvalue weighted by molar-refractivity contribution is 5.97. The number of rotatable bonds is 6. The van der Waals surface area contributed by atoms with Gasteiger partial charge in [0.05, 0.1) is 12.7 Å². The number of carbonyl (C=O) groups excluding carboxylic acids is 2. The molecule has 0 radical (unpaired) electrons. The first-order chi connectivity index (χ1) is 9.98. The average molecular weight is 291 g/mol. The molecule has 0 spiro atoms. The number of hydrogen-bond donors (Lipinski definition) is 2. The van der Waals surface area contributed by atoms with Crippen LogP contribution in [0.5, 0.6) is 0 Å². The largest absolute Gasteiger partial charge is 0.467 e. The van der Waals surface area contributed by atoms with E-state index in [1.807, 2.05) is 6.92 Å². The van der Waals surface area contributed by atoms with E-state index in [0.717, 1.165) is 18.7 Å². The molecule has 21 heavy (non-hydrogen) atoms. The molecular weight excluding hydrogens is 270 g/mol. The van der Waals surface area contributed by atoms with Crippen LogP contribution in [0, 0.1) is 0 Å². The number of anilines is 1. The van der Waals surface area contributed by atoms with Gasteiger partial charge in [-0.15, -0.1) is 0 Å². The van der Waals surface area contributed by atoms with Crippen LogP contribution >= 0.6 is 0 Å². The number of esters is 1. The first-order valence-corrected chi connectivity index (χ1v) is 7.12. The molecule has 0 unspecified atom stereocenters. The first-order valence-electron chi connectivity index (χ1n) is 7.12. The fourth-order valence-corrected chi connectivity index (χ4v) is 1.88. The molecule has 0 aromatic carbocycles. The Hall–Kier alpha value is -2.11. The molecule has 1 saturated carbocycles. The van der Waals surface area contributed by atoms with Crippen LogP contribution in [0.1, 0.15) is 43.5 Å². The van der Waals surface area contributed by atoms with Crippen molar-refractivity contribution in [1.29, 1.82) is 0 Å². The second-order valence-electron chi connectivity index (χ2n) is 5.48. The molecule has 2 rings (SSSR count). The van der Waals surface area contributed by atoms with Crippen molar-refractivity contribution in [2.24, 2.45) is 0 Å². The number of nitrogens with zero attached hydrogens (tertiary/aromatic N) is 1. The molecule has 2 N–H and O–H groups in total. The summed E-state index contributed by atoms with van der Waals surface area (Å²) < 4.78 is 4.73. The third kappa shape index (κ3) is 3.71. The van der Waals surface area contributed by atoms with Gasteiger partial charge in [-0.2, -0.15) is 0 Å². The summed E-state index contributed by atoms with van der Waals surface area (Å²) in [5, 5.41) is 5.96. The van der Waals surface area contributed by atoms with Gasteiger partial charge in [0.1, 0.15) is 11.4 Å². The molecular formula is C15H21N3O3. The summed E-state index contributed by atoms with van der Waals surface area (Å²) in [4.78, 5) is 28.2. The Labute approximate surface area is 124 Å². The lowest BCUT2D eigenvalue weighted by Gasteiger charge is -2.26. The molecule has 0 bridgehead atoms. The molecule has 1 aliphatic rings. The van der Waals surface area contributed by atoms with E-state index in [1.165, 1.54) is 13.3 Å². The SMILES string of the molecule is CC[C@@](C)(NC(=O)c1ccc(NC2CC2)nc1)C(=O)OC. The second kappa shape index (κ2) is 6.11. The van der Waals surface area contributed by atoms with Crippen molar-refractivity contribution in [2.45, 2.75) is 44.7 Å². The van der Waals surface area contributed by atoms with Crippen molar-refractivity contribution in [3.8, 4) is 0 Å².